The van der Waals surface area contributed by atoms with Gasteiger partial charge in [-0.25, -0.2) is 0 Å². The number of amides is 1. The number of rotatable bonds is 63. The minimum atomic E-state index is -1.98. The van der Waals surface area contributed by atoms with Gasteiger partial charge in [-0.3, -0.25) is 4.79 Å². The fraction of sp³-hybridized carbons (Fsp3) is 0.817. The van der Waals surface area contributed by atoms with E-state index >= 15 is 0 Å². The van der Waals surface area contributed by atoms with Gasteiger partial charge in [-0.1, -0.05) is 304 Å². The third-order valence-corrected chi connectivity index (χ3v) is 19.7. The van der Waals surface area contributed by atoms with Crippen LogP contribution in [0.1, 0.15) is 296 Å². The predicted octanol–water partition coefficient (Wildman–Crippen LogP) is 13.4. The molecule has 17 atom stereocenters. The maximum Gasteiger partial charge on any atom is 0.220 e. The molecule has 586 valence electrons. The summed E-state index contributed by atoms with van der Waals surface area (Å²) in [4.78, 5) is 13.5. The number of nitrogens with one attached hydrogen (secondary N) is 1. The molecule has 3 heterocycles. The van der Waals surface area contributed by atoms with Crippen molar-refractivity contribution in [2.24, 2.45) is 0 Å². The van der Waals surface area contributed by atoms with Gasteiger partial charge < -0.3 is 89.9 Å². The predicted molar refractivity (Wildman–Crippen MR) is 401 cm³/mol. The fourth-order valence-electron chi connectivity index (χ4n) is 13.3. The van der Waals surface area contributed by atoms with Crippen LogP contribution in [0.2, 0.25) is 0 Å². The molecule has 0 aromatic carbocycles. The molecular formula is C82H145NO18. The number of allylic oxidation sites excluding steroid dienone is 13. The number of aliphatic hydroxyl groups excluding tert-OH is 11. The fourth-order valence-corrected chi connectivity index (χ4v) is 13.3. The van der Waals surface area contributed by atoms with Crippen molar-refractivity contribution in [2.45, 2.75) is 401 Å². The first kappa shape index (κ1) is 92.2. The van der Waals surface area contributed by atoms with Crippen molar-refractivity contribution in [3.63, 3.8) is 0 Å². The summed E-state index contributed by atoms with van der Waals surface area (Å²) in [7, 11) is 0. The van der Waals surface area contributed by atoms with E-state index in [0.29, 0.717) is 6.42 Å². The summed E-state index contributed by atoms with van der Waals surface area (Å²) in [6, 6.07) is -0.979. The molecule has 3 saturated heterocycles. The first-order valence-electron chi connectivity index (χ1n) is 40.3. The Balaban J connectivity index is 1.37. The van der Waals surface area contributed by atoms with E-state index in [-0.39, 0.29) is 18.9 Å². The molecule has 17 unspecified atom stereocenters. The molecule has 3 fully saturated rings. The maximum atomic E-state index is 13.5. The summed E-state index contributed by atoms with van der Waals surface area (Å²) in [6.07, 6.45) is 55.6. The van der Waals surface area contributed by atoms with Crippen LogP contribution in [0.4, 0.5) is 0 Å². The first-order valence-corrected chi connectivity index (χ1v) is 40.3. The minimum Gasteiger partial charge on any atom is -0.394 e. The van der Waals surface area contributed by atoms with Crippen LogP contribution in [0.3, 0.4) is 0 Å². The van der Waals surface area contributed by atoms with Gasteiger partial charge in [0.1, 0.15) is 73.2 Å². The lowest BCUT2D eigenvalue weighted by atomic mass is 9.96. The van der Waals surface area contributed by atoms with E-state index in [0.717, 1.165) is 89.9 Å². The van der Waals surface area contributed by atoms with Crippen LogP contribution < -0.4 is 5.32 Å². The highest BCUT2D eigenvalue weighted by atomic mass is 16.8. The van der Waals surface area contributed by atoms with Gasteiger partial charge >= 0.3 is 0 Å². The minimum absolute atomic E-state index is 0.239. The smallest absolute Gasteiger partial charge is 0.220 e. The van der Waals surface area contributed by atoms with Crippen LogP contribution >= 0.6 is 0 Å². The Labute approximate surface area is 610 Å². The zero-order valence-corrected chi connectivity index (χ0v) is 62.6. The lowest BCUT2D eigenvalue weighted by Crippen LogP contribution is -2.66. The van der Waals surface area contributed by atoms with Gasteiger partial charge in [0.2, 0.25) is 5.91 Å². The zero-order valence-electron chi connectivity index (χ0n) is 62.6. The summed E-state index contributed by atoms with van der Waals surface area (Å²) in [5.74, 6) is -0.276. The Hall–Kier alpha value is -3.03. The summed E-state index contributed by atoms with van der Waals surface area (Å²) in [6.45, 7) is 1.65. The van der Waals surface area contributed by atoms with Crippen molar-refractivity contribution >= 4 is 5.91 Å². The molecule has 0 radical (unpaired) electrons. The molecule has 3 aliphatic heterocycles. The second-order valence-electron chi connectivity index (χ2n) is 28.5. The lowest BCUT2D eigenvalue weighted by Gasteiger charge is -2.48. The molecule has 1 amide bonds. The van der Waals surface area contributed by atoms with Gasteiger partial charge in [0.25, 0.3) is 0 Å². The van der Waals surface area contributed by atoms with Gasteiger partial charge in [-0.2, -0.15) is 0 Å². The van der Waals surface area contributed by atoms with Gasteiger partial charge in [0.15, 0.2) is 18.9 Å². The second-order valence-corrected chi connectivity index (χ2v) is 28.5. The Morgan fingerprint density at radius 2 is 0.683 bits per heavy atom. The lowest BCUT2D eigenvalue weighted by molar-refractivity contribution is -0.379. The number of hydrogen-bond acceptors (Lipinski definition) is 18. The SMILES string of the molecule is CC/C=C\C/C=C\C/C=C\C/C=C\C/C=C\C/C=C\CCCCCCCCCCCCCCCCC(=O)NC(COC1OC(CO)C(OC2OC(CO)C(OC3OC(CO)C(O)C(O)C3O)C(O)C2O)C(O)C1O)C(O)/C=C/CCCCCCCCCCCCCCCCCCCCCCC. The molecule has 0 spiro atoms. The number of aliphatic hydroxyl groups is 11. The second kappa shape index (κ2) is 62.1. The molecule has 19 heteroatoms. The van der Waals surface area contributed by atoms with Crippen LogP contribution in [0.15, 0.2) is 85.1 Å². The van der Waals surface area contributed by atoms with Crippen molar-refractivity contribution in [3.8, 4) is 0 Å². The number of ether oxygens (including phenoxy) is 6. The average molecular weight is 1430 g/mol. The number of carbonyl (C=O) groups is 1. The molecule has 19 nitrogen and oxygen atoms in total. The van der Waals surface area contributed by atoms with E-state index < -0.39 is 124 Å². The zero-order chi connectivity index (χ0) is 73.2. The van der Waals surface area contributed by atoms with Crippen molar-refractivity contribution in [3.05, 3.63) is 85.1 Å². The molecule has 3 aliphatic rings. The molecule has 0 aromatic heterocycles. The molecule has 101 heavy (non-hydrogen) atoms. The van der Waals surface area contributed by atoms with E-state index in [2.05, 4.69) is 92.1 Å². The summed E-state index contributed by atoms with van der Waals surface area (Å²) in [5, 5.41) is 121. The van der Waals surface area contributed by atoms with E-state index in [4.69, 9.17) is 28.4 Å². The quantitative estimate of drug-likeness (QED) is 0.0199. The topological polar surface area (TPSA) is 307 Å². The molecule has 0 saturated carbocycles. The highest BCUT2D eigenvalue weighted by molar-refractivity contribution is 5.76. The summed E-state index contributed by atoms with van der Waals surface area (Å²) < 4.78 is 34.5. The Morgan fingerprint density at radius 3 is 1.07 bits per heavy atom. The number of hydrogen-bond donors (Lipinski definition) is 12. The standard InChI is InChI=1S/C82H145NO18/c1-3-5-7-9-11-13-15-17-19-21-23-25-27-28-29-30-31-32-33-34-35-36-38-40-42-44-46-48-50-52-54-56-58-60-70(88)83-65(66(87)59-57-55-53-51-49-47-45-43-41-39-37-26-24-22-20-18-16-14-12-10-8-6-4-2)64-96-80-76(94)73(91)78(68(62-85)98-80)101-82-77(95)74(92)79(69(63-86)99-82)100-81-75(93)72(90)71(89)67(61-84)97-81/h5,7,11,13,17,19,23,25,28-29,31-32,57,59,65-69,71-82,84-87,89-95H,3-4,6,8-10,12,14-16,18,20-22,24,26-27,30,33-56,58,60-64H2,1-2H3,(H,83,88)/b7-5-,13-11-,19-17-,25-23-,29-28-,32-31-,59-57+. The highest BCUT2D eigenvalue weighted by Gasteiger charge is 2.54. The van der Waals surface area contributed by atoms with Crippen molar-refractivity contribution < 1.29 is 89.4 Å². The van der Waals surface area contributed by atoms with E-state index in [1.807, 2.05) is 6.08 Å². The van der Waals surface area contributed by atoms with Gasteiger partial charge in [0.05, 0.1) is 38.6 Å². The van der Waals surface area contributed by atoms with Crippen molar-refractivity contribution in [1.82, 2.24) is 5.32 Å². The molecule has 0 aromatic rings. The largest absolute Gasteiger partial charge is 0.394 e. The number of unbranched alkanes of at least 4 members (excludes halogenated alkanes) is 35. The monoisotopic (exact) mass is 1430 g/mol. The van der Waals surface area contributed by atoms with Crippen molar-refractivity contribution in [2.75, 3.05) is 26.4 Å². The average Bonchev–Trinajstić information content (AvgIpc) is 0.783. The Bertz CT molecular complexity index is 2150. The third kappa shape index (κ3) is 42.2. The third-order valence-electron chi connectivity index (χ3n) is 19.7. The van der Waals surface area contributed by atoms with Gasteiger partial charge in [-0.15, -0.1) is 0 Å². The molecule has 12 N–H and O–H groups in total. The summed E-state index contributed by atoms with van der Waals surface area (Å²) in [5.41, 5.74) is 0. The molecular weight excluding hydrogens is 1290 g/mol. The highest BCUT2D eigenvalue weighted by Crippen LogP contribution is 2.33. The Morgan fingerprint density at radius 1 is 0.366 bits per heavy atom. The van der Waals surface area contributed by atoms with Crippen LogP contribution in [0.25, 0.3) is 0 Å². The van der Waals surface area contributed by atoms with Crippen molar-refractivity contribution in [1.29, 1.82) is 0 Å². The van der Waals surface area contributed by atoms with E-state index in [1.54, 1.807) is 6.08 Å². The van der Waals surface area contributed by atoms with Crippen LogP contribution in [-0.2, 0) is 33.2 Å². The Kier molecular flexibility index (Phi) is 56.6. The van der Waals surface area contributed by atoms with Gasteiger partial charge in [0, 0.05) is 6.42 Å². The van der Waals surface area contributed by atoms with Crippen LogP contribution in [-0.4, -0.2) is 193 Å². The normalized spacial score (nSPS) is 26.8. The molecule has 0 aliphatic carbocycles. The summed E-state index contributed by atoms with van der Waals surface area (Å²) >= 11 is 0. The first-order chi connectivity index (χ1) is 49.3. The molecule has 0 bridgehead atoms. The van der Waals surface area contributed by atoms with Crippen LogP contribution in [0, 0.1) is 0 Å². The van der Waals surface area contributed by atoms with Crippen LogP contribution in [0.5, 0.6) is 0 Å². The van der Waals surface area contributed by atoms with E-state index in [1.165, 1.54) is 180 Å². The molecule has 3 rings (SSSR count). The van der Waals surface area contributed by atoms with Gasteiger partial charge in [-0.05, 0) is 70.6 Å². The number of carbonyl (C=O) groups excluding carboxylic acids is 1. The maximum absolute atomic E-state index is 13.5. The van der Waals surface area contributed by atoms with E-state index in [9.17, 15) is 61.0 Å².